The molecule has 3 heterocycles. The predicted molar refractivity (Wildman–Crippen MR) is 81.7 cm³/mol. The fourth-order valence-electron chi connectivity index (χ4n) is 3.88. The lowest BCUT2D eigenvalue weighted by Gasteiger charge is -2.49. The Morgan fingerprint density at radius 2 is 1.90 bits per heavy atom. The molecule has 0 amide bonds. The molecule has 3 nitrogen and oxygen atoms in total. The first-order valence-corrected chi connectivity index (χ1v) is 8.85. The molecule has 1 aromatic carbocycles. The molecule has 3 saturated heterocycles. The zero-order valence-corrected chi connectivity index (χ0v) is 13.2. The second-order valence-corrected chi connectivity index (χ2v) is 7.75. The van der Waals surface area contributed by atoms with Crippen molar-refractivity contribution in [1.29, 1.82) is 0 Å². The van der Waals surface area contributed by atoms with Gasteiger partial charge in [-0.1, -0.05) is 42.8 Å². The Hall–Kier alpha value is -0.550. The van der Waals surface area contributed by atoms with Gasteiger partial charge in [-0.25, -0.2) is 9.78 Å². The molecule has 0 aromatic heterocycles. The van der Waals surface area contributed by atoms with Crippen LogP contribution in [0, 0.1) is 5.92 Å². The van der Waals surface area contributed by atoms with E-state index >= 15 is 0 Å². The van der Waals surface area contributed by atoms with Gasteiger partial charge in [-0.15, -0.1) is 0 Å². The van der Waals surface area contributed by atoms with Crippen molar-refractivity contribution in [3.8, 4) is 0 Å². The fourth-order valence-corrected chi connectivity index (χ4v) is 5.25. The van der Waals surface area contributed by atoms with E-state index in [1.165, 1.54) is 24.2 Å². The molecule has 114 valence electrons. The quantitative estimate of drug-likeness (QED) is 0.751. The van der Waals surface area contributed by atoms with Crippen molar-refractivity contribution in [3.63, 3.8) is 0 Å². The molecule has 1 aliphatic carbocycles. The minimum atomic E-state index is -0.588. The first-order chi connectivity index (χ1) is 10.2. The molecule has 1 spiro atoms. The largest absolute Gasteiger partial charge is 0.330 e. The highest BCUT2D eigenvalue weighted by Gasteiger charge is 2.59. The van der Waals surface area contributed by atoms with Gasteiger partial charge in [0.15, 0.2) is 5.79 Å². The van der Waals surface area contributed by atoms with Gasteiger partial charge < -0.3 is 4.74 Å². The standard InChI is InChI=1S/C17H22O3S/c1-16-12-10-13-7-5-6-11-17(13,20-19-16)15(18-16)21-14-8-3-2-4-9-14/h2-4,8-9,13,15H,5-7,10-12H2,1H3/t13-,15+,16-,17+/m1/s1. The second kappa shape index (κ2) is 5.27. The molecule has 21 heavy (non-hydrogen) atoms. The molecule has 0 unspecified atom stereocenters. The van der Waals surface area contributed by atoms with Crippen LogP contribution >= 0.6 is 11.8 Å². The Bertz CT molecular complexity index is 504. The van der Waals surface area contributed by atoms with Crippen LogP contribution in [0.25, 0.3) is 0 Å². The summed E-state index contributed by atoms with van der Waals surface area (Å²) in [4.78, 5) is 13.0. The summed E-state index contributed by atoms with van der Waals surface area (Å²) >= 11 is 1.79. The lowest BCUT2D eigenvalue weighted by molar-refractivity contribution is -0.513. The van der Waals surface area contributed by atoms with Crippen molar-refractivity contribution in [2.24, 2.45) is 5.92 Å². The average Bonchev–Trinajstić information content (AvgIpc) is 2.73. The van der Waals surface area contributed by atoms with Crippen molar-refractivity contribution in [1.82, 2.24) is 0 Å². The summed E-state index contributed by atoms with van der Waals surface area (Å²) in [6.07, 6.45) is 6.83. The van der Waals surface area contributed by atoms with Gasteiger partial charge in [0, 0.05) is 11.3 Å². The molecular weight excluding hydrogens is 284 g/mol. The Balaban J connectivity index is 1.67. The van der Waals surface area contributed by atoms with Crippen LogP contribution < -0.4 is 0 Å². The maximum absolute atomic E-state index is 6.38. The van der Waals surface area contributed by atoms with E-state index in [1.54, 1.807) is 11.8 Å². The highest BCUT2D eigenvalue weighted by atomic mass is 32.2. The van der Waals surface area contributed by atoms with Crippen LogP contribution in [0.1, 0.15) is 45.4 Å². The summed E-state index contributed by atoms with van der Waals surface area (Å²) in [6.45, 7) is 2.01. The summed E-state index contributed by atoms with van der Waals surface area (Å²) < 4.78 is 6.38. The summed E-state index contributed by atoms with van der Waals surface area (Å²) in [6, 6.07) is 10.5. The maximum Gasteiger partial charge on any atom is 0.200 e. The maximum atomic E-state index is 6.38. The molecule has 0 radical (unpaired) electrons. The summed E-state index contributed by atoms with van der Waals surface area (Å²) in [5, 5.41) is 0. The van der Waals surface area contributed by atoms with Crippen molar-refractivity contribution in [2.45, 2.75) is 67.2 Å². The number of rotatable bonds is 2. The molecule has 3 aliphatic heterocycles. The van der Waals surface area contributed by atoms with Crippen LogP contribution in [0.15, 0.2) is 35.2 Å². The van der Waals surface area contributed by atoms with Gasteiger partial charge >= 0.3 is 0 Å². The van der Waals surface area contributed by atoms with E-state index in [4.69, 9.17) is 14.5 Å². The highest BCUT2D eigenvalue weighted by Crippen LogP contribution is 2.55. The van der Waals surface area contributed by atoms with Crippen LogP contribution in [0.2, 0.25) is 0 Å². The molecule has 4 fully saturated rings. The van der Waals surface area contributed by atoms with Gasteiger partial charge in [-0.05, 0) is 44.2 Å². The van der Waals surface area contributed by atoms with Gasteiger partial charge in [0.25, 0.3) is 0 Å². The van der Waals surface area contributed by atoms with Crippen LogP contribution in [0.5, 0.6) is 0 Å². The topological polar surface area (TPSA) is 27.7 Å². The van der Waals surface area contributed by atoms with Crippen molar-refractivity contribution in [3.05, 3.63) is 30.3 Å². The number of fused-ring (bicyclic) bond motifs is 3. The smallest absolute Gasteiger partial charge is 0.200 e. The number of ether oxygens (including phenoxy) is 1. The average molecular weight is 306 g/mol. The highest BCUT2D eigenvalue weighted by molar-refractivity contribution is 7.99. The van der Waals surface area contributed by atoms with E-state index in [0.29, 0.717) is 5.92 Å². The first kappa shape index (κ1) is 14.1. The molecule has 5 rings (SSSR count). The molecule has 4 aliphatic rings. The third-order valence-electron chi connectivity index (χ3n) is 5.12. The van der Waals surface area contributed by atoms with Crippen LogP contribution in [0.4, 0.5) is 0 Å². The molecule has 1 saturated carbocycles. The van der Waals surface area contributed by atoms with Crippen molar-refractivity contribution >= 4 is 11.8 Å². The molecule has 1 aromatic rings. The predicted octanol–water partition coefficient (Wildman–Crippen LogP) is 4.52. The number of hydrogen-bond acceptors (Lipinski definition) is 4. The van der Waals surface area contributed by atoms with E-state index in [2.05, 4.69) is 24.3 Å². The fraction of sp³-hybridized carbons (Fsp3) is 0.647. The Morgan fingerprint density at radius 3 is 2.76 bits per heavy atom. The van der Waals surface area contributed by atoms with Crippen LogP contribution in [-0.4, -0.2) is 16.8 Å². The van der Waals surface area contributed by atoms with Gasteiger partial charge in [-0.2, -0.15) is 0 Å². The molecule has 2 bridgehead atoms. The van der Waals surface area contributed by atoms with Gasteiger partial charge in [0.1, 0.15) is 11.0 Å². The van der Waals surface area contributed by atoms with E-state index in [9.17, 15) is 0 Å². The normalized spacial score (nSPS) is 42.3. The zero-order valence-electron chi connectivity index (χ0n) is 12.4. The number of thioether (sulfide) groups is 1. The van der Waals surface area contributed by atoms with Crippen LogP contribution in [0.3, 0.4) is 0 Å². The second-order valence-electron chi connectivity index (χ2n) is 6.62. The van der Waals surface area contributed by atoms with Gasteiger partial charge in [-0.3, -0.25) is 0 Å². The Labute approximate surface area is 130 Å². The molecule has 4 heteroatoms. The van der Waals surface area contributed by atoms with Gasteiger partial charge in [0.2, 0.25) is 0 Å². The van der Waals surface area contributed by atoms with Gasteiger partial charge in [0.05, 0.1) is 0 Å². The molecular formula is C17H22O3S. The molecule has 4 atom stereocenters. The SMILES string of the molecule is C[C@]12CC[C@H]3CCCC[C@@]3(OO1)[C@H](Sc1ccccc1)O2. The van der Waals surface area contributed by atoms with Crippen molar-refractivity contribution in [2.75, 3.05) is 0 Å². The van der Waals surface area contributed by atoms with E-state index in [0.717, 1.165) is 19.3 Å². The summed E-state index contributed by atoms with van der Waals surface area (Å²) in [5.41, 5.74) is -0.249. The third kappa shape index (κ3) is 2.42. The van der Waals surface area contributed by atoms with Crippen molar-refractivity contribution < 1.29 is 14.5 Å². The van der Waals surface area contributed by atoms with E-state index < -0.39 is 5.79 Å². The van der Waals surface area contributed by atoms with E-state index in [1.807, 2.05) is 13.0 Å². The van der Waals surface area contributed by atoms with E-state index in [-0.39, 0.29) is 11.0 Å². The number of hydrogen-bond donors (Lipinski definition) is 0. The monoisotopic (exact) mass is 306 g/mol. The minimum absolute atomic E-state index is 0.0199. The Kier molecular flexibility index (Phi) is 3.53. The summed E-state index contributed by atoms with van der Waals surface area (Å²) in [5.74, 6) is -0.0357. The zero-order chi connectivity index (χ0) is 14.3. The first-order valence-electron chi connectivity index (χ1n) is 7.97. The summed E-state index contributed by atoms with van der Waals surface area (Å²) in [7, 11) is 0. The minimum Gasteiger partial charge on any atom is -0.330 e. The number of benzene rings is 1. The Morgan fingerprint density at radius 1 is 1.05 bits per heavy atom. The molecule has 0 N–H and O–H groups in total. The van der Waals surface area contributed by atoms with Crippen LogP contribution in [-0.2, 0) is 14.5 Å². The lowest BCUT2D eigenvalue weighted by atomic mass is 9.74. The third-order valence-corrected chi connectivity index (χ3v) is 6.38. The lowest BCUT2D eigenvalue weighted by Crippen LogP contribution is -2.57.